The van der Waals surface area contributed by atoms with Gasteiger partial charge in [0.1, 0.15) is 5.60 Å². The molecule has 0 unspecified atom stereocenters. The van der Waals surface area contributed by atoms with E-state index in [9.17, 15) is 14.4 Å². The third kappa shape index (κ3) is 26.5. The lowest BCUT2D eigenvalue weighted by Gasteiger charge is -2.19. The summed E-state index contributed by atoms with van der Waals surface area (Å²) < 4.78 is 10.5. The Morgan fingerprint density at radius 2 is 1.09 bits per heavy atom. The first kappa shape index (κ1) is 32.2. The van der Waals surface area contributed by atoms with Gasteiger partial charge in [0.15, 0.2) is 0 Å². The standard InChI is InChI=1S/C27H51NO6/c1-27(2,3)34-26(32)28-22-18-14-10-6-4-9-13-17-21-25(31)33-23-19-15-11-7-5-8-12-16-20-24(29)30/h4-23H2,1-3H3,(H,28,32)(H,29,30). The molecular formula is C27H51NO6. The van der Waals surface area contributed by atoms with Crippen LogP contribution in [0.5, 0.6) is 0 Å². The van der Waals surface area contributed by atoms with E-state index in [4.69, 9.17) is 14.6 Å². The van der Waals surface area contributed by atoms with Crippen LogP contribution in [0.3, 0.4) is 0 Å². The molecule has 0 aromatic carbocycles. The van der Waals surface area contributed by atoms with E-state index < -0.39 is 11.6 Å². The van der Waals surface area contributed by atoms with Gasteiger partial charge in [0.2, 0.25) is 0 Å². The van der Waals surface area contributed by atoms with Crippen molar-refractivity contribution in [3.63, 3.8) is 0 Å². The summed E-state index contributed by atoms with van der Waals surface area (Å²) in [7, 11) is 0. The first-order valence-corrected chi connectivity index (χ1v) is 13.5. The minimum absolute atomic E-state index is 0.0732. The average Bonchev–Trinajstić information content (AvgIpc) is 2.74. The summed E-state index contributed by atoms with van der Waals surface area (Å²) in [5.74, 6) is -0.778. The van der Waals surface area contributed by atoms with E-state index in [0.717, 1.165) is 77.0 Å². The van der Waals surface area contributed by atoms with Gasteiger partial charge in [0.05, 0.1) is 6.61 Å². The van der Waals surface area contributed by atoms with Crippen molar-refractivity contribution < 1.29 is 29.0 Å². The molecule has 0 saturated heterocycles. The molecule has 34 heavy (non-hydrogen) atoms. The SMILES string of the molecule is CC(C)(C)OC(=O)NCCCCCCCCCCC(=O)OCCCCCCCCCCC(=O)O. The molecule has 0 aromatic rings. The van der Waals surface area contributed by atoms with E-state index in [1.54, 1.807) is 0 Å². The Morgan fingerprint density at radius 1 is 0.647 bits per heavy atom. The molecule has 0 rings (SSSR count). The first-order valence-electron chi connectivity index (χ1n) is 13.5. The number of carboxylic acid groups (broad SMARTS) is 1. The van der Waals surface area contributed by atoms with Gasteiger partial charge in [0.25, 0.3) is 0 Å². The molecule has 0 fully saturated rings. The minimum atomic E-state index is -0.704. The molecule has 0 saturated carbocycles. The molecule has 1 amide bonds. The molecule has 0 heterocycles. The summed E-state index contributed by atoms with van der Waals surface area (Å²) >= 11 is 0. The number of carboxylic acids is 1. The summed E-state index contributed by atoms with van der Waals surface area (Å²) in [5, 5.41) is 11.4. The van der Waals surface area contributed by atoms with Gasteiger partial charge in [-0.3, -0.25) is 9.59 Å². The molecule has 0 aliphatic carbocycles. The van der Waals surface area contributed by atoms with E-state index in [0.29, 0.717) is 19.6 Å². The average molecular weight is 486 g/mol. The molecule has 0 aromatic heterocycles. The number of hydrogen-bond donors (Lipinski definition) is 2. The summed E-state index contributed by atoms with van der Waals surface area (Å²) in [6, 6.07) is 0. The predicted molar refractivity (Wildman–Crippen MR) is 136 cm³/mol. The quantitative estimate of drug-likeness (QED) is 0.125. The predicted octanol–water partition coefficient (Wildman–Crippen LogP) is 7.16. The normalized spacial score (nSPS) is 11.3. The molecule has 0 spiro atoms. The van der Waals surface area contributed by atoms with Crippen LogP contribution in [0.25, 0.3) is 0 Å². The fraction of sp³-hybridized carbons (Fsp3) is 0.889. The summed E-state index contributed by atoms with van der Waals surface area (Å²) in [4.78, 5) is 33.7. The Labute approximate surface area is 207 Å². The van der Waals surface area contributed by atoms with Crippen molar-refractivity contribution in [2.24, 2.45) is 0 Å². The largest absolute Gasteiger partial charge is 0.481 e. The van der Waals surface area contributed by atoms with E-state index in [2.05, 4.69) is 5.32 Å². The van der Waals surface area contributed by atoms with Gasteiger partial charge in [0, 0.05) is 19.4 Å². The van der Waals surface area contributed by atoms with E-state index in [-0.39, 0.29) is 18.5 Å². The fourth-order valence-electron chi connectivity index (χ4n) is 3.66. The summed E-state index contributed by atoms with van der Waals surface area (Å²) in [6.45, 7) is 6.76. The number of aliphatic carboxylic acids is 1. The maximum Gasteiger partial charge on any atom is 0.407 e. The van der Waals surface area contributed by atoms with Crippen LogP contribution in [0, 0.1) is 0 Å². The number of nitrogens with one attached hydrogen (secondary N) is 1. The molecule has 0 radical (unpaired) electrons. The van der Waals surface area contributed by atoms with Gasteiger partial charge in [-0.2, -0.15) is 0 Å². The van der Waals surface area contributed by atoms with Crippen LogP contribution in [0.4, 0.5) is 4.79 Å². The lowest BCUT2D eigenvalue weighted by Crippen LogP contribution is -2.32. The molecule has 2 N–H and O–H groups in total. The lowest BCUT2D eigenvalue weighted by atomic mass is 10.1. The Hall–Kier alpha value is -1.79. The van der Waals surface area contributed by atoms with Gasteiger partial charge in [-0.15, -0.1) is 0 Å². The van der Waals surface area contributed by atoms with Crippen molar-refractivity contribution in [3.8, 4) is 0 Å². The van der Waals surface area contributed by atoms with Crippen LogP contribution >= 0.6 is 0 Å². The Kier molecular flexibility index (Phi) is 20.6. The second kappa shape index (κ2) is 21.7. The maximum atomic E-state index is 11.8. The van der Waals surface area contributed by atoms with Crippen molar-refractivity contribution in [1.29, 1.82) is 0 Å². The number of carbonyl (C=O) groups excluding carboxylic acids is 2. The highest BCUT2D eigenvalue weighted by Gasteiger charge is 2.15. The van der Waals surface area contributed by atoms with Gasteiger partial charge < -0.3 is 19.9 Å². The van der Waals surface area contributed by atoms with Crippen LogP contribution in [0.2, 0.25) is 0 Å². The monoisotopic (exact) mass is 485 g/mol. The molecule has 0 atom stereocenters. The zero-order valence-corrected chi connectivity index (χ0v) is 22.1. The van der Waals surface area contributed by atoms with Crippen molar-refractivity contribution in [2.45, 2.75) is 142 Å². The smallest absolute Gasteiger partial charge is 0.407 e. The molecule has 0 aliphatic heterocycles. The zero-order chi connectivity index (χ0) is 25.5. The number of esters is 1. The van der Waals surface area contributed by atoms with Crippen LogP contribution in [0.15, 0.2) is 0 Å². The van der Waals surface area contributed by atoms with Crippen LogP contribution in [-0.2, 0) is 19.1 Å². The molecule has 200 valence electrons. The van der Waals surface area contributed by atoms with Gasteiger partial charge in [-0.25, -0.2) is 4.79 Å². The highest BCUT2D eigenvalue weighted by molar-refractivity contribution is 5.69. The van der Waals surface area contributed by atoms with Gasteiger partial charge in [-0.05, 0) is 46.5 Å². The van der Waals surface area contributed by atoms with Gasteiger partial charge >= 0.3 is 18.0 Å². The van der Waals surface area contributed by atoms with Crippen molar-refractivity contribution in [2.75, 3.05) is 13.2 Å². The van der Waals surface area contributed by atoms with E-state index in [1.807, 2.05) is 20.8 Å². The number of alkyl carbamates (subject to hydrolysis) is 1. The number of carbonyl (C=O) groups is 3. The van der Waals surface area contributed by atoms with Gasteiger partial charge in [-0.1, -0.05) is 77.0 Å². The second-order valence-electron chi connectivity index (χ2n) is 10.2. The highest BCUT2D eigenvalue weighted by atomic mass is 16.6. The highest BCUT2D eigenvalue weighted by Crippen LogP contribution is 2.12. The minimum Gasteiger partial charge on any atom is -0.481 e. The number of rotatable bonds is 22. The van der Waals surface area contributed by atoms with Crippen molar-refractivity contribution >= 4 is 18.0 Å². The van der Waals surface area contributed by atoms with Crippen LogP contribution < -0.4 is 5.32 Å². The first-order chi connectivity index (χ1) is 16.2. The maximum absolute atomic E-state index is 11.8. The van der Waals surface area contributed by atoms with E-state index >= 15 is 0 Å². The van der Waals surface area contributed by atoms with Crippen molar-refractivity contribution in [3.05, 3.63) is 0 Å². The molecule has 7 heteroatoms. The Balaban J connectivity index is 3.27. The van der Waals surface area contributed by atoms with Crippen LogP contribution in [-0.4, -0.2) is 41.9 Å². The Morgan fingerprint density at radius 3 is 1.59 bits per heavy atom. The number of amides is 1. The number of ether oxygens (including phenoxy) is 2. The van der Waals surface area contributed by atoms with Crippen LogP contribution in [0.1, 0.15) is 136 Å². The molecule has 0 bridgehead atoms. The van der Waals surface area contributed by atoms with Crippen molar-refractivity contribution in [1.82, 2.24) is 5.32 Å². The van der Waals surface area contributed by atoms with E-state index in [1.165, 1.54) is 25.7 Å². The Bertz CT molecular complexity index is 530. The molecule has 7 nitrogen and oxygen atoms in total. The topological polar surface area (TPSA) is 102 Å². The number of unbranched alkanes of at least 4 members (excludes halogenated alkanes) is 14. The third-order valence-electron chi connectivity index (χ3n) is 5.52. The molecule has 0 aliphatic rings. The number of hydrogen-bond acceptors (Lipinski definition) is 5. The summed E-state index contributed by atoms with van der Waals surface area (Å²) in [6.07, 6.45) is 17.6. The summed E-state index contributed by atoms with van der Waals surface area (Å²) in [5.41, 5.74) is -0.450. The second-order valence-corrected chi connectivity index (χ2v) is 10.2. The third-order valence-corrected chi connectivity index (χ3v) is 5.52. The zero-order valence-electron chi connectivity index (χ0n) is 22.1. The molecular weight excluding hydrogens is 434 g/mol. The lowest BCUT2D eigenvalue weighted by molar-refractivity contribution is -0.144. The fourth-order valence-corrected chi connectivity index (χ4v) is 3.66.